The van der Waals surface area contributed by atoms with Crippen LogP contribution in [-0.2, 0) is 0 Å². The molecule has 0 radical (unpaired) electrons. The van der Waals surface area contributed by atoms with Crippen molar-refractivity contribution in [2.24, 2.45) is 0 Å². The predicted octanol–water partition coefficient (Wildman–Crippen LogP) is 4.03. The maximum atomic E-state index is 13.3. The molecule has 0 bridgehead atoms. The third kappa shape index (κ3) is 2.09. The standard InChI is InChI=1S/C13H8BrFN2O/c14-9-6-10(15)8-11(7-9)18-13-3-1-2-12-16-4-5-17(12)13/h1-8H. The number of aromatic nitrogens is 2. The van der Waals surface area contributed by atoms with E-state index in [2.05, 4.69) is 20.9 Å². The lowest BCUT2D eigenvalue weighted by Crippen LogP contribution is -1.93. The normalized spacial score (nSPS) is 10.8. The average Bonchev–Trinajstić information content (AvgIpc) is 2.76. The van der Waals surface area contributed by atoms with Crippen LogP contribution in [0.4, 0.5) is 4.39 Å². The molecule has 0 unspecified atom stereocenters. The number of rotatable bonds is 2. The zero-order valence-corrected chi connectivity index (χ0v) is 10.8. The Morgan fingerprint density at radius 1 is 1.22 bits per heavy atom. The van der Waals surface area contributed by atoms with Crippen LogP contribution >= 0.6 is 15.9 Å². The largest absolute Gasteiger partial charge is 0.440 e. The van der Waals surface area contributed by atoms with Crippen molar-refractivity contribution in [2.75, 3.05) is 0 Å². The molecule has 18 heavy (non-hydrogen) atoms. The summed E-state index contributed by atoms with van der Waals surface area (Å²) in [5.74, 6) is 0.669. The van der Waals surface area contributed by atoms with Crippen LogP contribution in [0.1, 0.15) is 0 Å². The quantitative estimate of drug-likeness (QED) is 0.714. The van der Waals surface area contributed by atoms with Crippen molar-refractivity contribution in [3.8, 4) is 11.6 Å². The lowest BCUT2D eigenvalue weighted by molar-refractivity contribution is 0.451. The van der Waals surface area contributed by atoms with E-state index >= 15 is 0 Å². The number of imidazole rings is 1. The molecule has 2 heterocycles. The van der Waals surface area contributed by atoms with E-state index in [1.807, 2.05) is 12.1 Å². The molecule has 3 rings (SSSR count). The average molecular weight is 307 g/mol. The van der Waals surface area contributed by atoms with Gasteiger partial charge >= 0.3 is 0 Å². The van der Waals surface area contributed by atoms with Crippen LogP contribution in [-0.4, -0.2) is 9.38 Å². The van der Waals surface area contributed by atoms with E-state index in [0.717, 1.165) is 5.65 Å². The van der Waals surface area contributed by atoms with E-state index in [4.69, 9.17) is 4.74 Å². The summed E-state index contributed by atoms with van der Waals surface area (Å²) in [5.41, 5.74) is 0.781. The summed E-state index contributed by atoms with van der Waals surface area (Å²) in [6.45, 7) is 0. The van der Waals surface area contributed by atoms with E-state index in [1.54, 1.807) is 28.9 Å². The fourth-order valence-electron chi connectivity index (χ4n) is 1.71. The fraction of sp³-hybridized carbons (Fsp3) is 0. The first-order valence-corrected chi connectivity index (χ1v) is 6.08. The zero-order valence-electron chi connectivity index (χ0n) is 9.18. The van der Waals surface area contributed by atoms with Gasteiger partial charge < -0.3 is 4.74 Å². The summed E-state index contributed by atoms with van der Waals surface area (Å²) in [4.78, 5) is 4.16. The Bertz CT molecular complexity index is 691. The van der Waals surface area contributed by atoms with Gasteiger partial charge in [0.2, 0.25) is 5.88 Å². The van der Waals surface area contributed by atoms with Crippen LogP contribution in [0.5, 0.6) is 11.6 Å². The fourth-order valence-corrected chi connectivity index (χ4v) is 2.16. The number of hydrogen-bond acceptors (Lipinski definition) is 2. The van der Waals surface area contributed by atoms with E-state index in [1.165, 1.54) is 12.1 Å². The van der Waals surface area contributed by atoms with E-state index in [9.17, 15) is 4.39 Å². The number of ether oxygens (including phenoxy) is 1. The van der Waals surface area contributed by atoms with Crippen molar-refractivity contribution < 1.29 is 9.13 Å². The predicted molar refractivity (Wildman–Crippen MR) is 69.4 cm³/mol. The van der Waals surface area contributed by atoms with Gasteiger partial charge in [-0.05, 0) is 24.3 Å². The summed E-state index contributed by atoms with van der Waals surface area (Å²) in [5, 5.41) is 0. The molecule has 2 aromatic heterocycles. The van der Waals surface area contributed by atoms with Crippen LogP contribution in [0.15, 0.2) is 53.3 Å². The molecule has 0 aliphatic heterocycles. The Kier molecular flexibility index (Phi) is 2.76. The number of nitrogens with zero attached hydrogens (tertiary/aromatic N) is 2. The smallest absolute Gasteiger partial charge is 0.205 e. The molecule has 3 nitrogen and oxygen atoms in total. The molecule has 0 saturated heterocycles. The number of hydrogen-bond donors (Lipinski definition) is 0. The lowest BCUT2D eigenvalue weighted by Gasteiger charge is -2.08. The molecule has 90 valence electrons. The summed E-state index contributed by atoms with van der Waals surface area (Å²) < 4.78 is 21.3. The van der Waals surface area contributed by atoms with Gasteiger partial charge in [-0.2, -0.15) is 0 Å². The van der Waals surface area contributed by atoms with E-state index in [0.29, 0.717) is 16.1 Å². The molecule has 0 N–H and O–H groups in total. The Balaban J connectivity index is 2.03. The zero-order chi connectivity index (χ0) is 12.5. The molecular weight excluding hydrogens is 299 g/mol. The minimum absolute atomic E-state index is 0.350. The van der Waals surface area contributed by atoms with Crippen molar-refractivity contribution >= 4 is 21.6 Å². The first-order chi connectivity index (χ1) is 8.72. The minimum atomic E-state index is -0.350. The summed E-state index contributed by atoms with van der Waals surface area (Å²) in [6.07, 6.45) is 3.47. The topological polar surface area (TPSA) is 26.5 Å². The van der Waals surface area contributed by atoms with Crippen molar-refractivity contribution in [3.63, 3.8) is 0 Å². The van der Waals surface area contributed by atoms with Crippen LogP contribution in [0.3, 0.4) is 0 Å². The first-order valence-electron chi connectivity index (χ1n) is 5.28. The second-order valence-electron chi connectivity index (χ2n) is 3.73. The molecule has 0 spiro atoms. The van der Waals surface area contributed by atoms with E-state index < -0.39 is 0 Å². The van der Waals surface area contributed by atoms with Gasteiger partial charge in [-0.15, -0.1) is 0 Å². The highest BCUT2D eigenvalue weighted by Gasteiger charge is 2.05. The van der Waals surface area contributed by atoms with Gasteiger partial charge in [0.15, 0.2) is 0 Å². The Morgan fingerprint density at radius 3 is 2.94 bits per heavy atom. The highest BCUT2D eigenvalue weighted by Crippen LogP contribution is 2.26. The molecule has 0 atom stereocenters. The van der Waals surface area contributed by atoms with Gasteiger partial charge in [0, 0.05) is 22.9 Å². The van der Waals surface area contributed by atoms with Crippen LogP contribution < -0.4 is 4.74 Å². The lowest BCUT2D eigenvalue weighted by atomic mass is 10.3. The Hall–Kier alpha value is -1.88. The maximum Gasteiger partial charge on any atom is 0.205 e. The molecule has 0 fully saturated rings. The van der Waals surface area contributed by atoms with Crippen LogP contribution in [0, 0.1) is 5.82 Å². The van der Waals surface area contributed by atoms with Crippen molar-refractivity contribution in [3.05, 3.63) is 59.1 Å². The molecule has 5 heteroatoms. The SMILES string of the molecule is Fc1cc(Br)cc(Oc2cccc3nccn23)c1. The van der Waals surface area contributed by atoms with Crippen LogP contribution in [0.25, 0.3) is 5.65 Å². The van der Waals surface area contributed by atoms with Crippen molar-refractivity contribution in [2.45, 2.75) is 0 Å². The third-order valence-corrected chi connectivity index (χ3v) is 2.91. The van der Waals surface area contributed by atoms with Gasteiger partial charge in [-0.25, -0.2) is 9.37 Å². The van der Waals surface area contributed by atoms with E-state index in [-0.39, 0.29) is 5.82 Å². The highest BCUT2D eigenvalue weighted by atomic mass is 79.9. The van der Waals surface area contributed by atoms with Gasteiger partial charge in [0.1, 0.15) is 17.2 Å². The minimum Gasteiger partial charge on any atom is -0.440 e. The number of pyridine rings is 1. The molecule has 3 aromatic rings. The molecule has 0 amide bonds. The maximum absolute atomic E-state index is 13.3. The summed E-state index contributed by atoms with van der Waals surface area (Å²) in [7, 11) is 0. The van der Waals surface area contributed by atoms with Gasteiger partial charge in [0.05, 0.1) is 0 Å². The first kappa shape index (κ1) is 11.2. The second-order valence-corrected chi connectivity index (χ2v) is 4.64. The molecule has 0 aliphatic rings. The van der Waals surface area contributed by atoms with Gasteiger partial charge in [-0.3, -0.25) is 4.40 Å². The third-order valence-electron chi connectivity index (χ3n) is 2.45. The second kappa shape index (κ2) is 4.42. The molecule has 1 aromatic carbocycles. The summed E-state index contributed by atoms with van der Waals surface area (Å²) >= 11 is 3.23. The number of halogens is 2. The Morgan fingerprint density at radius 2 is 2.11 bits per heavy atom. The Labute approximate surface area is 111 Å². The monoisotopic (exact) mass is 306 g/mol. The van der Waals surface area contributed by atoms with Gasteiger partial charge in [0.25, 0.3) is 0 Å². The molecular formula is C13H8BrFN2O. The van der Waals surface area contributed by atoms with Crippen LogP contribution in [0.2, 0.25) is 0 Å². The highest BCUT2D eigenvalue weighted by molar-refractivity contribution is 9.10. The molecule has 0 saturated carbocycles. The number of fused-ring (bicyclic) bond motifs is 1. The van der Waals surface area contributed by atoms with Crippen molar-refractivity contribution in [1.29, 1.82) is 0 Å². The van der Waals surface area contributed by atoms with Crippen molar-refractivity contribution in [1.82, 2.24) is 9.38 Å². The molecule has 0 aliphatic carbocycles. The van der Waals surface area contributed by atoms with Gasteiger partial charge in [-0.1, -0.05) is 22.0 Å². The summed E-state index contributed by atoms with van der Waals surface area (Å²) in [6, 6.07) is 9.93. The number of benzene rings is 1.